The molecule has 0 spiro atoms. The molecule has 1 N–H and O–H groups in total. The molecule has 5 rings (SSSR count). The maximum absolute atomic E-state index is 13.6. The molecule has 35 heavy (non-hydrogen) atoms. The predicted molar refractivity (Wildman–Crippen MR) is 139 cm³/mol. The van der Waals surface area contributed by atoms with E-state index in [0.29, 0.717) is 27.2 Å². The van der Waals surface area contributed by atoms with Crippen molar-refractivity contribution in [1.29, 1.82) is 0 Å². The molecule has 0 bridgehead atoms. The first kappa shape index (κ1) is 23.5. The zero-order valence-corrected chi connectivity index (χ0v) is 20.9. The molecular weight excluding hydrogens is 505 g/mol. The fourth-order valence-electron chi connectivity index (χ4n) is 3.83. The second kappa shape index (κ2) is 9.44. The Morgan fingerprint density at radius 3 is 2.46 bits per heavy atom. The van der Waals surface area contributed by atoms with Gasteiger partial charge in [0.15, 0.2) is 5.58 Å². The van der Waals surface area contributed by atoms with Gasteiger partial charge in [-0.05, 0) is 53.6 Å². The van der Waals surface area contributed by atoms with Crippen molar-refractivity contribution < 1.29 is 23.4 Å². The predicted octanol–water partition coefficient (Wildman–Crippen LogP) is 7.32. The summed E-state index contributed by atoms with van der Waals surface area (Å²) < 4.78 is 24.9. The van der Waals surface area contributed by atoms with Crippen molar-refractivity contribution in [1.82, 2.24) is 4.98 Å². The van der Waals surface area contributed by atoms with E-state index in [9.17, 15) is 14.5 Å². The summed E-state index contributed by atoms with van der Waals surface area (Å²) >= 11 is 7.10. The van der Waals surface area contributed by atoms with Crippen LogP contribution in [-0.4, -0.2) is 23.2 Å². The number of furan rings is 1. The third-order valence-electron chi connectivity index (χ3n) is 5.64. The summed E-state index contributed by atoms with van der Waals surface area (Å²) in [6, 6.07) is 21.6. The standard InChI is InChI=1S/C26H19ClNO5PS/c1-32-34(31,20-10-8-19(27)9-11-20)15-18-13-24(35-25(18)26(29)30)17-6-4-16(5-7-17)23-14-21-22(33-23)3-2-12-28-21/h2-14H,15H2,1H3,(H,29,30). The fourth-order valence-corrected chi connectivity index (χ4v) is 6.91. The number of hydrogen-bond donors (Lipinski definition) is 1. The number of carboxylic acids is 1. The highest BCUT2D eigenvalue weighted by Gasteiger charge is 2.29. The monoisotopic (exact) mass is 523 g/mol. The Morgan fingerprint density at radius 1 is 1.09 bits per heavy atom. The molecule has 1 atom stereocenters. The lowest BCUT2D eigenvalue weighted by Crippen LogP contribution is -2.09. The van der Waals surface area contributed by atoms with Crippen LogP contribution in [0.2, 0.25) is 5.02 Å². The number of halogens is 1. The number of aromatic carboxylic acids is 1. The van der Waals surface area contributed by atoms with Gasteiger partial charge in [0.1, 0.15) is 16.2 Å². The summed E-state index contributed by atoms with van der Waals surface area (Å²) in [7, 11) is -1.96. The van der Waals surface area contributed by atoms with Gasteiger partial charge < -0.3 is 14.0 Å². The maximum atomic E-state index is 13.6. The molecule has 0 aliphatic carbocycles. The Balaban J connectivity index is 1.46. The highest BCUT2D eigenvalue weighted by Crippen LogP contribution is 2.50. The largest absolute Gasteiger partial charge is 0.477 e. The molecule has 0 amide bonds. The van der Waals surface area contributed by atoms with Crippen LogP contribution in [0, 0.1) is 0 Å². The van der Waals surface area contributed by atoms with Gasteiger partial charge in [-0.2, -0.15) is 0 Å². The Kier molecular flexibility index (Phi) is 6.34. The Morgan fingerprint density at radius 2 is 1.80 bits per heavy atom. The van der Waals surface area contributed by atoms with Crippen LogP contribution in [0.25, 0.3) is 32.9 Å². The Bertz CT molecular complexity index is 1540. The fraction of sp³-hybridized carbons (Fsp3) is 0.0769. The van der Waals surface area contributed by atoms with Crippen LogP contribution in [0.1, 0.15) is 15.2 Å². The summed E-state index contributed by atoms with van der Waals surface area (Å²) in [5.41, 5.74) is 3.69. The van der Waals surface area contributed by atoms with Gasteiger partial charge in [-0.1, -0.05) is 35.9 Å². The number of nitrogens with zero attached hydrogens (tertiary/aromatic N) is 1. The van der Waals surface area contributed by atoms with Gasteiger partial charge in [0, 0.05) is 40.1 Å². The second-order valence-electron chi connectivity index (χ2n) is 7.84. The summed E-state index contributed by atoms with van der Waals surface area (Å²) in [5.74, 6) is -0.367. The lowest BCUT2D eigenvalue weighted by atomic mass is 10.1. The van der Waals surface area contributed by atoms with Crippen molar-refractivity contribution >= 4 is 52.7 Å². The summed E-state index contributed by atoms with van der Waals surface area (Å²) in [4.78, 5) is 17.2. The van der Waals surface area contributed by atoms with Gasteiger partial charge in [-0.25, -0.2) is 4.79 Å². The molecule has 3 aromatic heterocycles. The van der Waals surface area contributed by atoms with Gasteiger partial charge in [0.2, 0.25) is 7.37 Å². The molecule has 9 heteroatoms. The molecule has 2 aromatic carbocycles. The van der Waals surface area contributed by atoms with E-state index in [2.05, 4.69) is 4.98 Å². The third-order valence-corrected chi connectivity index (χ3v) is 9.54. The second-order valence-corrected chi connectivity index (χ2v) is 11.9. The van der Waals surface area contributed by atoms with Crippen LogP contribution >= 0.6 is 30.3 Å². The van der Waals surface area contributed by atoms with Crippen molar-refractivity contribution in [3.8, 4) is 21.8 Å². The molecule has 0 aliphatic heterocycles. The van der Waals surface area contributed by atoms with Crippen molar-refractivity contribution in [3.05, 3.63) is 94.5 Å². The minimum atomic E-state index is -3.34. The average molecular weight is 524 g/mol. The molecule has 3 heterocycles. The van der Waals surface area contributed by atoms with Crippen molar-refractivity contribution in [2.75, 3.05) is 7.11 Å². The number of pyridine rings is 1. The molecule has 6 nitrogen and oxygen atoms in total. The molecule has 1 unspecified atom stereocenters. The molecule has 176 valence electrons. The number of rotatable bonds is 7. The number of fused-ring (bicyclic) bond motifs is 1. The van der Waals surface area contributed by atoms with Gasteiger partial charge in [-0.15, -0.1) is 11.3 Å². The molecule has 0 fully saturated rings. The van der Waals surface area contributed by atoms with Crippen molar-refractivity contribution in [3.63, 3.8) is 0 Å². The molecule has 0 saturated heterocycles. The Hall–Kier alpha value is -3.22. The van der Waals surface area contributed by atoms with Gasteiger partial charge >= 0.3 is 5.97 Å². The highest BCUT2D eigenvalue weighted by molar-refractivity contribution is 7.66. The number of hydrogen-bond acceptors (Lipinski definition) is 6. The molecule has 5 aromatic rings. The normalized spacial score (nSPS) is 13.1. The van der Waals surface area contributed by atoms with E-state index < -0.39 is 13.3 Å². The van der Waals surface area contributed by atoms with Crippen LogP contribution < -0.4 is 5.30 Å². The summed E-state index contributed by atoms with van der Waals surface area (Å²) in [5, 5.41) is 10.8. The molecule has 0 radical (unpaired) electrons. The van der Waals surface area contributed by atoms with Crippen LogP contribution in [0.15, 0.2) is 83.4 Å². The topological polar surface area (TPSA) is 89.6 Å². The Labute approximate surface area is 210 Å². The maximum Gasteiger partial charge on any atom is 0.346 e. The lowest BCUT2D eigenvalue weighted by Gasteiger charge is -2.16. The van der Waals surface area contributed by atoms with Gasteiger partial charge in [-0.3, -0.25) is 9.55 Å². The first-order valence-corrected chi connectivity index (χ1v) is 13.6. The number of aromatic nitrogens is 1. The minimum Gasteiger partial charge on any atom is -0.477 e. The van der Waals surface area contributed by atoms with Crippen molar-refractivity contribution in [2.24, 2.45) is 0 Å². The first-order chi connectivity index (χ1) is 16.9. The summed E-state index contributed by atoms with van der Waals surface area (Å²) in [6.45, 7) is 0. The quantitative estimate of drug-likeness (QED) is 0.225. The minimum absolute atomic E-state index is 0.0344. The van der Waals surface area contributed by atoms with Crippen LogP contribution in [0.4, 0.5) is 0 Å². The number of carboxylic acid groups (broad SMARTS) is 1. The lowest BCUT2D eigenvalue weighted by molar-refractivity contribution is 0.0701. The average Bonchev–Trinajstić information content (AvgIpc) is 3.49. The van der Waals surface area contributed by atoms with Crippen molar-refractivity contribution in [2.45, 2.75) is 6.16 Å². The third kappa shape index (κ3) is 4.68. The smallest absolute Gasteiger partial charge is 0.346 e. The zero-order chi connectivity index (χ0) is 24.6. The van der Waals surface area contributed by atoms with E-state index in [0.717, 1.165) is 32.9 Å². The van der Waals surface area contributed by atoms with Crippen LogP contribution in [-0.2, 0) is 15.3 Å². The summed E-state index contributed by atoms with van der Waals surface area (Å²) in [6.07, 6.45) is 1.68. The van der Waals surface area contributed by atoms with E-state index in [1.165, 1.54) is 7.11 Å². The zero-order valence-electron chi connectivity index (χ0n) is 18.5. The van der Waals surface area contributed by atoms with Crippen LogP contribution in [0.5, 0.6) is 0 Å². The first-order valence-electron chi connectivity index (χ1n) is 10.6. The van der Waals surface area contributed by atoms with Gasteiger partial charge in [0.25, 0.3) is 0 Å². The van der Waals surface area contributed by atoms with E-state index in [4.69, 9.17) is 20.5 Å². The number of benzene rings is 2. The van der Waals surface area contributed by atoms with E-state index >= 15 is 0 Å². The number of carbonyl (C=O) groups is 1. The number of thiophene rings is 1. The highest BCUT2D eigenvalue weighted by atomic mass is 35.5. The van der Waals surface area contributed by atoms with Crippen LogP contribution in [0.3, 0.4) is 0 Å². The SMILES string of the molecule is COP(=O)(Cc1cc(-c2ccc(-c3cc4ncccc4o3)cc2)sc1C(=O)O)c1ccc(Cl)cc1. The van der Waals surface area contributed by atoms with E-state index in [1.807, 2.05) is 42.5 Å². The van der Waals surface area contributed by atoms with Gasteiger partial charge in [0.05, 0.1) is 6.16 Å². The molecule has 0 aliphatic rings. The van der Waals surface area contributed by atoms with E-state index in [-0.39, 0.29) is 11.0 Å². The molecular formula is C26H19ClNO5PS. The van der Waals surface area contributed by atoms with E-state index in [1.54, 1.807) is 36.5 Å². The molecule has 0 saturated carbocycles.